The van der Waals surface area contributed by atoms with Crippen molar-refractivity contribution in [2.45, 2.75) is 32.2 Å². The van der Waals surface area contributed by atoms with E-state index in [-0.39, 0.29) is 18.3 Å². The van der Waals surface area contributed by atoms with Crippen LogP contribution in [0.3, 0.4) is 0 Å². The summed E-state index contributed by atoms with van der Waals surface area (Å²) in [6.07, 6.45) is 2.60. The highest BCUT2D eigenvalue weighted by Gasteiger charge is 2.22. The minimum absolute atomic E-state index is 0. The highest BCUT2D eigenvalue weighted by atomic mass is 35.5. The van der Waals surface area contributed by atoms with Gasteiger partial charge in [-0.3, -0.25) is 4.79 Å². The minimum atomic E-state index is -0.212. The Morgan fingerprint density at radius 1 is 1.35 bits per heavy atom. The summed E-state index contributed by atoms with van der Waals surface area (Å²) in [5.74, 6) is -0.212. The quantitative estimate of drug-likeness (QED) is 0.782. The lowest BCUT2D eigenvalue weighted by Gasteiger charge is -2.23. The van der Waals surface area contributed by atoms with E-state index < -0.39 is 0 Å². The largest absolute Gasteiger partial charge is 0.350 e. The first kappa shape index (κ1) is 21.0. The molecular weight excluding hydrogens is 397 g/mol. The van der Waals surface area contributed by atoms with Gasteiger partial charge in [-0.15, -0.1) is 17.5 Å². The molecule has 0 spiro atoms. The summed E-state index contributed by atoms with van der Waals surface area (Å²) in [7, 11) is 0. The van der Waals surface area contributed by atoms with Crippen molar-refractivity contribution in [1.82, 2.24) is 25.6 Å². The fraction of sp³-hybridized carbons (Fsp3) is 0.471. The van der Waals surface area contributed by atoms with Crippen LogP contribution in [-0.4, -0.2) is 40.5 Å². The SMILES string of the molecule is Cc1c(C(=O)NCCc2cccc(Cl)c2Cl)nnn1C1CCNCC1.Cl. The minimum Gasteiger partial charge on any atom is -0.350 e. The Hall–Kier alpha value is -1.34. The van der Waals surface area contributed by atoms with Gasteiger partial charge in [0.2, 0.25) is 0 Å². The second-order valence-corrected chi connectivity index (χ2v) is 6.95. The molecule has 1 aliphatic rings. The van der Waals surface area contributed by atoms with Crippen molar-refractivity contribution < 1.29 is 4.79 Å². The summed E-state index contributed by atoms with van der Waals surface area (Å²) in [4.78, 5) is 12.4. The second kappa shape index (κ2) is 9.55. The van der Waals surface area contributed by atoms with Gasteiger partial charge in [-0.2, -0.15) is 0 Å². The zero-order chi connectivity index (χ0) is 17.8. The molecule has 1 aromatic carbocycles. The van der Waals surface area contributed by atoms with Crippen LogP contribution in [0.5, 0.6) is 0 Å². The molecule has 142 valence electrons. The summed E-state index contributed by atoms with van der Waals surface area (Å²) in [5.41, 5.74) is 2.10. The van der Waals surface area contributed by atoms with Gasteiger partial charge in [-0.1, -0.05) is 40.5 Å². The van der Waals surface area contributed by atoms with E-state index in [4.69, 9.17) is 23.2 Å². The molecule has 2 aromatic rings. The molecule has 2 N–H and O–H groups in total. The molecule has 1 saturated heterocycles. The number of benzene rings is 1. The number of halogens is 3. The van der Waals surface area contributed by atoms with E-state index in [9.17, 15) is 4.79 Å². The molecule has 0 atom stereocenters. The lowest BCUT2D eigenvalue weighted by Crippen LogP contribution is -2.30. The standard InChI is InChI=1S/C17H21Cl2N5O.ClH/c1-11-16(22-23-24(11)13-6-8-20-9-7-13)17(25)21-10-5-12-3-2-4-14(18)15(12)19;/h2-4,13,20H,5-10H2,1H3,(H,21,25);1H. The second-order valence-electron chi connectivity index (χ2n) is 6.17. The van der Waals surface area contributed by atoms with Crippen LogP contribution in [-0.2, 0) is 6.42 Å². The van der Waals surface area contributed by atoms with E-state index in [0.29, 0.717) is 34.7 Å². The Kier molecular flexibility index (Phi) is 7.70. The zero-order valence-corrected chi connectivity index (χ0v) is 16.8. The van der Waals surface area contributed by atoms with Gasteiger partial charge in [0, 0.05) is 6.54 Å². The van der Waals surface area contributed by atoms with Crippen molar-refractivity contribution in [1.29, 1.82) is 0 Å². The number of hydrogen-bond donors (Lipinski definition) is 2. The molecule has 0 saturated carbocycles. The van der Waals surface area contributed by atoms with Crippen LogP contribution in [0.15, 0.2) is 18.2 Å². The summed E-state index contributed by atoms with van der Waals surface area (Å²) in [6.45, 7) is 4.28. The number of carbonyl (C=O) groups is 1. The van der Waals surface area contributed by atoms with E-state index in [1.807, 2.05) is 23.7 Å². The molecule has 1 aliphatic heterocycles. The third kappa shape index (κ3) is 4.68. The topological polar surface area (TPSA) is 71.8 Å². The molecular formula is C17H22Cl3N5O. The number of piperidine rings is 1. The van der Waals surface area contributed by atoms with E-state index in [0.717, 1.165) is 37.2 Å². The molecule has 1 aromatic heterocycles. The monoisotopic (exact) mass is 417 g/mol. The molecule has 0 unspecified atom stereocenters. The Morgan fingerprint density at radius 2 is 2.08 bits per heavy atom. The van der Waals surface area contributed by atoms with Crippen LogP contribution < -0.4 is 10.6 Å². The molecule has 2 heterocycles. The Bertz CT molecular complexity index is 759. The van der Waals surface area contributed by atoms with Gasteiger partial charge in [0.15, 0.2) is 5.69 Å². The van der Waals surface area contributed by atoms with Gasteiger partial charge in [0.05, 0.1) is 21.8 Å². The Balaban J connectivity index is 0.00000243. The smallest absolute Gasteiger partial charge is 0.273 e. The zero-order valence-electron chi connectivity index (χ0n) is 14.5. The summed E-state index contributed by atoms with van der Waals surface area (Å²) in [5, 5.41) is 15.5. The molecule has 0 bridgehead atoms. The maximum absolute atomic E-state index is 12.4. The van der Waals surface area contributed by atoms with Crippen LogP contribution in [0.25, 0.3) is 0 Å². The average molecular weight is 419 g/mol. The van der Waals surface area contributed by atoms with Gasteiger partial charge < -0.3 is 10.6 Å². The van der Waals surface area contributed by atoms with E-state index in [1.54, 1.807) is 6.07 Å². The fourth-order valence-electron chi connectivity index (χ4n) is 3.08. The highest BCUT2D eigenvalue weighted by Crippen LogP contribution is 2.25. The van der Waals surface area contributed by atoms with Gasteiger partial charge in [-0.05, 0) is 50.9 Å². The summed E-state index contributed by atoms with van der Waals surface area (Å²) >= 11 is 12.2. The number of amides is 1. The van der Waals surface area contributed by atoms with Crippen LogP contribution in [0.1, 0.15) is 40.6 Å². The van der Waals surface area contributed by atoms with Crippen molar-refractivity contribution in [3.63, 3.8) is 0 Å². The molecule has 26 heavy (non-hydrogen) atoms. The van der Waals surface area contributed by atoms with Crippen molar-refractivity contribution >= 4 is 41.5 Å². The molecule has 9 heteroatoms. The van der Waals surface area contributed by atoms with Crippen molar-refractivity contribution in [2.24, 2.45) is 0 Å². The van der Waals surface area contributed by atoms with E-state index in [2.05, 4.69) is 20.9 Å². The molecule has 1 fully saturated rings. The predicted molar refractivity (Wildman–Crippen MR) is 106 cm³/mol. The van der Waals surface area contributed by atoms with Crippen molar-refractivity contribution in [2.75, 3.05) is 19.6 Å². The van der Waals surface area contributed by atoms with Crippen LogP contribution in [0.4, 0.5) is 0 Å². The highest BCUT2D eigenvalue weighted by molar-refractivity contribution is 6.42. The number of nitrogens with one attached hydrogen (secondary N) is 2. The van der Waals surface area contributed by atoms with Crippen LogP contribution in [0, 0.1) is 6.92 Å². The maximum Gasteiger partial charge on any atom is 0.273 e. The molecule has 6 nitrogen and oxygen atoms in total. The number of hydrogen-bond acceptors (Lipinski definition) is 4. The number of carbonyl (C=O) groups excluding carboxylic acids is 1. The van der Waals surface area contributed by atoms with Crippen LogP contribution >= 0.6 is 35.6 Å². The first-order valence-electron chi connectivity index (χ1n) is 8.41. The first-order valence-corrected chi connectivity index (χ1v) is 9.17. The first-order chi connectivity index (χ1) is 12.1. The maximum atomic E-state index is 12.4. The van der Waals surface area contributed by atoms with Crippen molar-refractivity contribution in [3.05, 3.63) is 45.2 Å². The van der Waals surface area contributed by atoms with E-state index >= 15 is 0 Å². The number of rotatable bonds is 5. The lowest BCUT2D eigenvalue weighted by molar-refractivity contribution is 0.0948. The third-order valence-electron chi connectivity index (χ3n) is 4.51. The normalized spacial score (nSPS) is 14.7. The number of nitrogens with zero attached hydrogens (tertiary/aromatic N) is 3. The van der Waals surface area contributed by atoms with Crippen molar-refractivity contribution in [3.8, 4) is 0 Å². The fourth-order valence-corrected chi connectivity index (χ4v) is 3.50. The number of aromatic nitrogens is 3. The molecule has 3 rings (SSSR count). The lowest BCUT2D eigenvalue weighted by atomic mass is 10.1. The molecule has 0 aliphatic carbocycles. The van der Waals surface area contributed by atoms with E-state index in [1.165, 1.54) is 0 Å². The summed E-state index contributed by atoms with van der Waals surface area (Å²) in [6, 6.07) is 5.80. The van der Waals surface area contributed by atoms with Gasteiger partial charge in [-0.25, -0.2) is 4.68 Å². The third-order valence-corrected chi connectivity index (χ3v) is 5.37. The van der Waals surface area contributed by atoms with Crippen LogP contribution in [0.2, 0.25) is 10.0 Å². The molecule has 1 amide bonds. The average Bonchev–Trinajstić information content (AvgIpc) is 3.01. The molecule has 0 radical (unpaired) electrons. The van der Waals surface area contributed by atoms with Gasteiger partial charge >= 0.3 is 0 Å². The summed E-state index contributed by atoms with van der Waals surface area (Å²) < 4.78 is 1.88. The van der Waals surface area contributed by atoms with Gasteiger partial charge in [0.1, 0.15) is 0 Å². The van der Waals surface area contributed by atoms with Gasteiger partial charge in [0.25, 0.3) is 5.91 Å². The Morgan fingerprint density at radius 3 is 2.81 bits per heavy atom. The predicted octanol–water partition coefficient (Wildman–Crippen LogP) is 3.21. The Labute approximate surface area is 169 Å².